The summed E-state index contributed by atoms with van der Waals surface area (Å²) in [4.78, 5) is 9.27. The van der Waals surface area contributed by atoms with Gasteiger partial charge in [0.2, 0.25) is 0 Å². The lowest BCUT2D eigenvalue weighted by Gasteiger charge is -2.32. The van der Waals surface area contributed by atoms with Crippen molar-refractivity contribution in [2.45, 2.75) is 19.4 Å². The average Bonchev–Trinajstić information content (AvgIpc) is 2.88. The molecule has 114 valence electrons. The van der Waals surface area contributed by atoms with E-state index in [4.69, 9.17) is 0 Å². The number of aromatic nitrogens is 2. The Morgan fingerprint density at radius 3 is 2.81 bits per heavy atom. The van der Waals surface area contributed by atoms with Gasteiger partial charge < -0.3 is 14.9 Å². The first-order chi connectivity index (χ1) is 10.2. The summed E-state index contributed by atoms with van der Waals surface area (Å²) in [5, 5.41) is 9.70. The van der Waals surface area contributed by atoms with Gasteiger partial charge in [-0.3, -0.25) is 4.40 Å². The van der Waals surface area contributed by atoms with Crippen molar-refractivity contribution in [2.75, 3.05) is 38.6 Å². The molecule has 0 saturated carbocycles. The Morgan fingerprint density at radius 2 is 2.10 bits per heavy atom. The highest BCUT2D eigenvalue weighted by atomic mass is 16.3. The van der Waals surface area contributed by atoms with Gasteiger partial charge in [0.1, 0.15) is 5.65 Å². The molecule has 0 amide bonds. The van der Waals surface area contributed by atoms with Crippen molar-refractivity contribution in [2.24, 2.45) is 5.92 Å². The van der Waals surface area contributed by atoms with Crippen LogP contribution in [0.5, 0.6) is 0 Å². The Kier molecular flexibility index (Phi) is 4.12. The topological polar surface area (TPSA) is 44.0 Å². The number of piperidine rings is 1. The summed E-state index contributed by atoms with van der Waals surface area (Å²) in [6, 6.07) is 5.92. The summed E-state index contributed by atoms with van der Waals surface area (Å²) in [7, 11) is 4.27. The normalized spacial score (nSPS) is 17.5. The molecule has 0 unspecified atom stereocenters. The smallest absolute Gasteiger partial charge is 0.153 e. The molecule has 21 heavy (non-hydrogen) atoms. The molecule has 1 N–H and O–H groups in total. The van der Waals surface area contributed by atoms with Gasteiger partial charge in [-0.05, 0) is 51.0 Å². The van der Waals surface area contributed by atoms with Gasteiger partial charge in [-0.1, -0.05) is 6.07 Å². The predicted octanol–water partition coefficient (Wildman–Crippen LogP) is 1.60. The Labute approximate surface area is 125 Å². The fraction of sp³-hybridized carbons (Fsp3) is 0.562. The molecule has 2 aromatic rings. The molecule has 0 aliphatic carbocycles. The lowest BCUT2D eigenvalue weighted by Crippen LogP contribution is -2.36. The van der Waals surface area contributed by atoms with Gasteiger partial charge >= 0.3 is 0 Å². The number of aliphatic hydroxyl groups is 1. The summed E-state index contributed by atoms with van der Waals surface area (Å²) < 4.78 is 1.97. The average molecular weight is 288 g/mol. The summed E-state index contributed by atoms with van der Waals surface area (Å²) in [5.41, 5.74) is 1.77. The minimum atomic E-state index is 0.0122. The molecule has 1 saturated heterocycles. The van der Waals surface area contributed by atoms with Crippen LogP contribution in [0.1, 0.15) is 18.5 Å². The molecule has 0 bridgehead atoms. The second-order valence-electron chi connectivity index (χ2n) is 6.10. The van der Waals surface area contributed by atoms with Crippen molar-refractivity contribution in [1.29, 1.82) is 0 Å². The number of fused-ring (bicyclic) bond motifs is 1. The van der Waals surface area contributed by atoms with Crippen molar-refractivity contribution in [1.82, 2.24) is 14.3 Å². The van der Waals surface area contributed by atoms with E-state index in [-0.39, 0.29) is 6.61 Å². The minimum Gasteiger partial charge on any atom is -0.390 e. The van der Waals surface area contributed by atoms with E-state index in [1.165, 1.54) is 25.9 Å². The zero-order valence-corrected chi connectivity index (χ0v) is 12.9. The summed E-state index contributed by atoms with van der Waals surface area (Å²) >= 11 is 0. The zero-order chi connectivity index (χ0) is 14.8. The van der Waals surface area contributed by atoms with Gasteiger partial charge in [0, 0.05) is 19.8 Å². The molecule has 1 fully saturated rings. The maximum absolute atomic E-state index is 9.70. The van der Waals surface area contributed by atoms with E-state index >= 15 is 0 Å². The van der Waals surface area contributed by atoms with Gasteiger partial charge in [0.25, 0.3) is 0 Å². The second-order valence-corrected chi connectivity index (χ2v) is 6.10. The number of likely N-dealkylation sites (tertiary alicyclic amines) is 1. The predicted molar refractivity (Wildman–Crippen MR) is 84.6 cm³/mol. The number of rotatable bonds is 4. The quantitative estimate of drug-likeness (QED) is 0.928. The molecule has 1 aliphatic heterocycles. The number of nitrogens with zero attached hydrogens (tertiary/aromatic N) is 4. The van der Waals surface area contributed by atoms with E-state index in [1.54, 1.807) is 0 Å². The Balaban J connectivity index is 1.79. The van der Waals surface area contributed by atoms with Crippen LogP contribution in [0.4, 0.5) is 5.82 Å². The molecule has 2 aromatic heterocycles. The van der Waals surface area contributed by atoms with Crippen LogP contribution in [0.25, 0.3) is 5.65 Å². The van der Waals surface area contributed by atoms with Crippen LogP contribution in [-0.4, -0.2) is 53.1 Å². The first kappa shape index (κ1) is 14.4. The van der Waals surface area contributed by atoms with Crippen molar-refractivity contribution in [3.63, 3.8) is 0 Å². The molecular weight excluding hydrogens is 264 g/mol. The fourth-order valence-corrected chi connectivity index (χ4v) is 3.21. The Morgan fingerprint density at radius 1 is 1.33 bits per heavy atom. The van der Waals surface area contributed by atoms with Crippen molar-refractivity contribution >= 4 is 11.5 Å². The third kappa shape index (κ3) is 2.89. The standard InChI is InChI=1S/C16H24N4O/c1-18-9-6-13(7-10-18)11-19(2)16-14(12-21)20-8-4-3-5-15(20)17-16/h3-5,8,13,21H,6-7,9-12H2,1-2H3. The highest BCUT2D eigenvalue weighted by molar-refractivity contribution is 5.55. The number of anilines is 1. The number of pyridine rings is 1. The minimum absolute atomic E-state index is 0.0122. The van der Waals surface area contributed by atoms with Crippen molar-refractivity contribution in [3.05, 3.63) is 30.1 Å². The van der Waals surface area contributed by atoms with Gasteiger partial charge in [0.05, 0.1) is 12.3 Å². The molecule has 3 rings (SSSR count). The van der Waals surface area contributed by atoms with Gasteiger partial charge in [-0.25, -0.2) is 4.98 Å². The van der Waals surface area contributed by atoms with E-state index in [2.05, 4.69) is 28.9 Å². The van der Waals surface area contributed by atoms with E-state index in [0.717, 1.165) is 23.7 Å². The van der Waals surface area contributed by atoms with E-state index in [0.29, 0.717) is 5.92 Å². The van der Waals surface area contributed by atoms with Crippen LogP contribution >= 0.6 is 0 Å². The molecule has 1 aliphatic rings. The monoisotopic (exact) mass is 288 g/mol. The van der Waals surface area contributed by atoms with Gasteiger partial charge in [0.15, 0.2) is 5.82 Å². The fourth-order valence-electron chi connectivity index (χ4n) is 3.21. The van der Waals surface area contributed by atoms with Crippen LogP contribution in [0.2, 0.25) is 0 Å². The molecule has 0 radical (unpaired) electrons. The number of hydrogen-bond acceptors (Lipinski definition) is 4. The highest BCUT2D eigenvalue weighted by Gasteiger charge is 2.21. The number of hydrogen-bond donors (Lipinski definition) is 1. The molecule has 0 aromatic carbocycles. The first-order valence-corrected chi connectivity index (χ1v) is 7.65. The SMILES string of the molecule is CN1CCC(CN(C)c2nc3ccccn3c2CO)CC1. The summed E-state index contributed by atoms with van der Waals surface area (Å²) in [6.45, 7) is 3.37. The molecule has 3 heterocycles. The molecule has 5 heteroatoms. The Bertz CT molecular complexity index is 601. The van der Waals surface area contributed by atoms with Crippen LogP contribution in [0.3, 0.4) is 0 Å². The molecule has 5 nitrogen and oxygen atoms in total. The van der Waals surface area contributed by atoms with Crippen molar-refractivity contribution in [3.8, 4) is 0 Å². The van der Waals surface area contributed by atoms with E-state index in [1.807, 2.05) is 28.8 Å². The first-order valence-electron chi connectivity index (χ1n) is 7.65. The zero-order valence-electron chi connectivity index (χ0n) is 12.9. The molecule has 0 spiro atoms. The summed E-state index contributed by atoms with van der Waals surface area (Å²) in [5.74, 6) is 1.62. The van der Waals surface area contributed by atoms with E-state index in [9.17, 15) is 5.11 Å². The third-order valence-electron chi connectivity index (χ3n) is 4.49. The van der Waals surface area contributed by atoms with E-state index < -0.39 is 0 Å². The van der Waals surface area contributed by atoms with Gasteiger partial charge in [-0.2, -0.15) is 0 Å². The second kappa shape index (κ2) is 6.03. The highest BCUT2D eigenvalue weighted by Crippen LogP contribution is 2.24. The largest absolute Gasteiger partial charge is 0.390 e. The lowest BCUT2D eigenvalue weighted by atomic mass is 9.97. The van der Waals surface area contributed by atoms with Crippen molar-refractivity contribution < 1.29 is 5.11 Å². The van der Waals surface area contributed by atoms with Crippen LogP contribution in [0.15, 0.2) is 24.4 Å². The molecule has 0 atom stereocenters. The Hall–Kier alpha value is -1.59. The number of imidazole rings is 1. The van der Waals surface area contributed by atoms with Crippen LogP contribution in [0, 0.1) is 5.92 Å². The number of aliphatic hydroxyl groups excluding tert-OH is 1. The maximum atomic E-state index is 9.70. The van der Waals surface area contributed by atoms with Crippen LogP contribution in [-0.2, 0) is 6.61 Å². The van der Waals surface area contributed by atoms with Gasteiger partial charge in [-0.15, -0.1) is 0 Å². The third-order valence-corrected chi connectivity index (χ3v) is 4.49. The maximum Gasteiger partial charge on any atom is 0.153 e. The lowest BCUT2D eigenvalue weighted by molar-refractivity contribution is 0.222. The van der Waals surface area contributed by atoms with Crippen LogP contribution < -0.4 is 4.90 Å². The molecular formula is C16H24N4O. The summed E-state index contributed by atoms with van der Waals surface area (Å²) in [6.07, 6.45) is 4.44.